The van der Waals surface area contributed by atoms with Gasteiger partial charge in [-0.1, -0.05) is 6.07 Å². The molecule has 1 atom stereocenters. The van der Waals surface area contributed by atoms with Crippen molar-refractivity contribution in [3.63, 3.8) is 0 Å². The van der Waals surface area contributed by atoms with Gasteiger partial charge >= 0.3 is 5.97 Å². The van der Waals surface area contributed by atoms with Gasteiger partial charge in [0.25, 0.3) is 0 Å². The second kappa shape index (κ2) is 6.17. The SMILES string of the molecule is O=C(O)C(CCS)NS(=O)(=O)c1cccc(F)c1. The van der Waals surface area contributed by atoms with Gasteiger partial charge in [0.15, 0.2) is 0 Å². The number of carbonyl (C=O) groups is 1. The Kier molecular flexibility index (Phi) is 5.12. The molecular weight excluding hydrogens is 281 g/mol. The van der Waals surface area contributed by atoms with Crippen molar-refractivity contribution >= 4 is 28.6 Å². The lowest BCUT2D eigenvalue weighted by atomic mass is 10.2. The number of nitrogens with one attached hydrogen (secondary N) is 1. The van der Waals surface area contributed by atoms with Gasteiger partial charge in [-0.25, -0.2) is 12.8 Å². The maximum Gasteiger partial charge on any atom is 0.321 e. The van der Waals surface area contributed by atoms with Crippen LogP contribution in [0.4, 0.5) is 4.39 Å². The number of thiol groups is 1. The van der Waals surface area contributed by atoms with Crippen LogP contribution in [0.3, 0.4) is 0 Å². The number of rotatable bonds is 6. The number of benzene rings is 1. The first-order chi connectivity index (χ1) is 8.36. The predicted octanol–water partition coefficient (Wildman–Crippen LogP) is 0.877. The summed E-state index contributed by atoms with van der Waals surface area (Å²) in [6.07, 6.45) is 0.0347. The fourth-order valence-electron chi connectivity index (χ4n) is 1.25. The first-order valence-electron chi connectivity index (χ1n) is 4.98. The topological polar surface area (TPSA) is 83.5 Å². The quantitative estimate of drug-likeness (QED) is 0.680. The molecule has 100 valence electrons. The van der Waals surface area contributed by atoms with Gasteiger partial charge in [0.05, 0.1) is 4.90 Å². The number of hydrogen-bond acceptors (Lipinski definition) is 4. The van der Waals surface area contributed by atoms with Gasteiger partial charge in [-0.3, -0.25) is 4.79 Å². The smallest absolute Gasteiger partial charge is 0.321 e. The summed E-state index contributed by atoms with van der Waals surface area (Å²) in [5, 5.41) is 8.83. The third-order valence-electron chi connectivity index (χ3n) is 2.12. The van der Waals surface area contributed by atoms with Gasteiger partial charge in [0.1, 0.15) is 11.9 Å². The summed E-state index contributed by atoms with van der Waals surface area (Å²) in [6.45, 7) is 0. The van der Waals surface area contributed by atoms with Crippen molar-refractivity contribution in [3.05, 3.63) is 30.1 Å². The molecule has 0 aromatic heterocycles. The van der Waals surface area contributed by atoms with Crippen LogP contribution in [0.2, 0.25) is 0 Å². The number of aliphatic carboxylic acids is 1. The van der Waals surface area contributed by atoms with Crippen molar-refractivity contribution in [1.82, 2.24) is 4.72 Å². The number of halogens is 1. The maximum atomic E-state index is 12.9. The van der Waals surface area contributed by atoms with Crippen LogP contribution in [0, 0.1) is 5.82 Å². The van der Waals surface area contributed by atoms with E-state index in [0.717, 1.165) is 12.1 Å². The van der Waals surface area contributed by atoms with Crippen LogP contribution in [0.1, 0.15) is 6.42 Å². The standard InChI is InChI=1S/C10H12FNO4S2/c11-7-2-1-3-8(6-7)18(15,16)12-9(4-5-17)10(13)14/h1-3,6,9,12,17H,4-5H2,(H,13,14). The van der Waals surface area contributed by atoms with Gasteiger partial charge in [0, 0.05) is 0 Å². The minimum Gasteiger partial charge on any atom is -0.480 e. The summed E-state index contributed by atoms with van der Waals surface area (Å²) in [5.74, 6) is -1.80. The molecule has 0 aliphatic carbocycles. The van der Waals surface area contributed by atoms with Crippen LogP contribution < -0.4 is 4.72 Å². The molecule has 0 heterocycles. The molecule has 0 aliphatic rings. The third-order valence-corrected chi connectivity index (χ3v) is 3.85. The minimum absolute atomic E-state index is 0.0347. The highest BCUT2D eigenvalue weighted by Gasteiger charge is 2.24. The van der Waals surface area contributed by atoms with E-state index in [1.54, 1.807) is 0 Å². The number of hydrogen-bond donors (Lipinski definition) is 3. The molecule has 0 saturated carbocycles. The summed E-state index contributed by atoms with van der Waals surface area (Å²) in [5.41, 5.74) is 0. The molecule has 2 N–H and O–H groups in total. The van der Waals surface area contributed by atoms with Crippen molar-refractivity contribution < 1.29 is 22.7 Å². The third kappa shape index (κ3) is 3.97. The first kappa shape index (κ1) is 14.9. The van der Waals surface area contributed by atoms with Crippen molar-refractivity contribution in [2.45, 2.75) is 17.4 Å². The molecule has 0 saturated heterocycles. The molecule has 1 unspecified atom stereocenters. The largest absolute Gasteiger partial charge is 0.480 e. The fraction of sp³-hybridized carbons (Fsp3) is 0.300. The van der Waals surface area contributed by atoms with Gasteiger partial charge in [-0.2, -0.15) is 17.4 Å². The zero-order valence-corrected chi connectivity index (χ0v) is 10.9. The van der Waals surface area contributed by atoms with E-state index in [4.69, 9.17) is 5.11 Å². The first-order valence-corrected chi connectivity index (χ1v) is 7.10. The predicted molar refractivity (Wildman–Crippen MR) is 66.6 cm³/mol. The van der Waals surface area contributed by atoms with Crippen LogP contribution >= 0.6 is 12.6 Å². The van der Waals surface area contributed by atoms with Crippen molar-refractivity contribution in [2.24, 2.45) is 0 Å². The van der Waals surface area contributed by atoms with Gasteiger partial charge in [0.2, 0.25) is 10.0 Å². The van der Waals surface area contributed by atoms with Gasteiger partial charge < -0.3 is 5.11 Å². The molecule has 0 amide bonds. The van der Waals surface area contributed by atoms with Crippen LogP contribution in [0.25, 0.3) is 0 Å². The zero-order chi connectivity index (χ0) is 13.8. The van der Waals surface area contributed by atoms with E-state index < -0.39 is 27.9 Å². The molecule has 0 bridgehead atoms. The molecular formula is C10H12FNO4S2. The van der Waals surface area contributed by atoms with Crippen LogP contribution in [0.15, 0.2) is 29.2 Å². The Labute approximate surface area is 109 Å². The maximum absolute atomic E-state index is 12.9. The zero-order valence-electron chi connectivity index (χ0n) is 9.21. The Balaban J connectivity index is 2.97. The van der Waals surface area contributed by atoms with Gasteiger partial charge in [-0.05, 0) is 30.4 Å². The molecule has 0 radical (unpaired) electrons. The molecule has 1 aromatic carbocycles. The Morgan fingerprint density at radius 3 is 2.67 bits per heavy atom. The molecule has 5 nitrogen and oxygen atoms in total. The van der Waals surface area contributed by atoms with E-state index >= 15 is 0 Å². The second-order valence-corrected chi connectivity index (χ2v) is 5.64. The van der Waals surface area contributed by atoms with E-state index in [2.05, 4.69) is 12.6 Å². The number of carboxylic acids is 1. The Bertz CT molecular complexity index is 532. The Hall–Kier alpha value is -1.12. The van der Waals surface area contributed by atoms with Crippen molar-refractivity contribution in [1.29, 1.82) is 0 Å². The number of carboxylic acid groups (broad SMARTS) is 1. The normalized spacial score (nSPS) is 13.2. The van der Waals surface area contributed by atoms with Crippen molar-refractivity contribution in [2.75, 3.05) is 5.75 Å². The average Bonchev–Trinajstić information content (AvgIpc) is 2.28. The van der Waals surface area contributed by atoms with E-state index in [1.165, 1.54) is 12.1 Å². The average molecular weight is 293 g/mol. The van der Waals surface area contributed by atoms with Crippen LogP contribution in [-0.2, 0) is 14.8 Å². The van der Waals surface area contributed by atoms with E-state index in [-0.39, 0.29) is 17.1 Å². The highest BCUT2D eigenvalue weighted by molar-refractivity contribution is 7.89. The fourth-order valence-corrected chi connectivity index (χ4v) is 2.76. The number of sulfonamides is 1. The summed E-state index contributed by atoms with van der Waals surface area (Å²) >= 11 is 3.85. The van der Waals surface area contributed by atoms with Crippen molar-refractivity contribution in [3.8, 4) is 0 Å². The Morgan fingerprint density at radius 1 is 1.50 bits per heavy atom. The molecule has 0 spiro atoms. The lowest BCUT2D eigenvalue weighted by Crippen LogP contribution is -2.41. The molecule has 18 heavy (non-hydrogen) atoms. The molecule has 0 fully saturated rings. The van der Waals surface area contributed by atoms with Gasteiger partial charge in [-0.15, -0.1) is 0 Å². The monoisotopic (exact) mass is 293 g/mol. The molecule has 0 aliphatic heterocycles. The summed E-state index contributed by atoms with van der Waals surface area (Å²) in [7, 11) is -4.05. The molecule has 8 heteroatoms. The molecule has 1 rings (SSSR count). The summed E-state index contributed by atoms with van der Waals surface area (Å²) < 4.78 is 38.5. The summed E-state index contributed by atoms with van der Waals surface area (Å²) in [4.78, 5) is 10.5. The van der Waals surface area contributed by atoms with Crippen LogP contribution in [-0.4, -0.2) is 31.3 Å². The van der Waals surface area contributed by atoms with E-state index in [1.807, 2.05) is 4.72 Å². The van der Waals surface area contributed by atoms with E-state index in [0.29, 0.717) is 0 Å². The van der Waals surface area contributed by atoms with E-state index in [9.17, 15) is 17.6 Å². The second-order valence-electron chi connectivity index (χ2n) is 3.48. The lowest BCUT2D eigenvalue weighted by molar-refractivity contribution is -0.139. The van der Waals surface area contributed by atoms with Crippen LogP contribution in [0.5, 0.6) is 0 Å². The molecule has 1 aromatic rings. The lowest BCUT2D eigenvalue weighted by Gasteiger charge is -2.13. The highest BCUT2D eigenvalue weighted by Crippen LogP contribution is 2.11. The highest BCUT2D eigenvalue weighted by atomic mass is 32.2. The Morgan fingerprint density at radius 2 is 2.17 bits per heavy atom. The minimum atomic E-state index is -4.05. The summed E-state index contributed by atoms with van der Waals surface area (Å²) in [6, 6.07) is 3.06.